The molecule has 0 heterocycles. The van der Waals surface area contributed by atoms with Gasteiger partial charge in [0.25, 0.3) is 0 Å². The lowest BCUT2D eigenvalue weighted by molar-refractivity contribution is -0.149. The second kappa shape index (κ2) is 15.4. The van der Waals surface area contributed by atoms with Gasteiger partial charge in [-0.05, 0) is 55.2 Å². The summed E-state index contributed by atoms with van der Waals surface area (Å²) in [5.74, 6) is -1.93. The van der Waals surface area contributed by atoms with Gasteiger partial charge in [-0.15, -0.1) is 0 Å². The maximum atomic E-state index is 14.0. The Hall–Kier alpha value is -3.98. The molecule has 0 fully saturated rings. The summed E-state index contributed by atoms with van der Waals surface area (Å²) in [6, 6.07) is 20.0. The Bertz CT molecular complexity index is 1190. The third-order valence-corrected chi connectivity index (χ3v) is 5.98. The third-order valence-electron chi connectivity index (χ3n) is 5.98. The Morgan fingerprint density at radius 3 is 2.36 bits per heavy atom. The number of hydrogen-bond acceptors (Lipinski definition) is 5. The zero-order chi connectivity index (χ0) is 28.0. The van der Waals surface area contributed by atoms with E-state index in [1.807, 2.05) is 30.3 Å². The molecule has 0 aromatic heterocycles. The van der Waals surface area contributed by atoms with Crippen LogP contribution in [0.5, 0.6) is 5.75 Å². The molecule has 9 heteroatoms. The molecular formula is C30H33F2NO6. The summed E-state index contributed by atoms with van der Waals surface area (Å²) in [7, 11) is 0. The van der Waals surface area contributed by atoms with Crippen molar-refractivity contribution in [2.75, 3.05) is 26.3 Å². The van der Waals surface area contributed by atoms with Crippen molar-refractivity contribution in [3.8, 4) is 5.75 Å². The van der Waals surface area contributed by atoms with Gasteiger partial charge < -0.3 is 24.2 Å². The number of nitrogens with zero attached hydrogens (tertiary/aromatic N) is 1. The lowest BCUT2D eigenvalue weighted by atomic mass is 10.1. The standard InChI is InChI=1S/C30H33F2NO6/c1-2-37-28(29(34)35)19-23-10-14-26(15-11-23)38-18-17-33(16-6-9-22-7-4-3-5-8-22)30(36)39-21-24-12-13-25(31)20-27(24)32/h3-5,7-8,10-15,20,28H,2,6,9,16-19,21H2,1H3,(H,34,35). The van der Waals surface area contributed by atoms with Gasteiger partial charge in [0, 0.05) is 31.2 Å². The van der Waals surface area contributed by atoms with E-state index in [0.717, 1.165) is 29.7 Å². The largest absolute Gasteiger partial charge is 0.492 e. The Labute approximate surface area is 226 Å². The van der Waals surface area contributed by atoms with Crippen molar-refractivity contribution in [2.24, 2.45) is 0 Å². The van der Waals surface area contributed by atoms with Crippen LogP contribution >= 0.6 is 0 Å². The highest BCUT2D eigenvalue weighted by Gasteiger charge is 2.19. The monoisotopic (exact) mass is 541 g/mol. The molecule has 0 bridgehead atoms. The van der Waals surface area contributed by atoms with Crippen molar-refractivity contribution < 1.29 is 37.7 Å². The van der Waals surface area contributed by atoms with E-state index in [1.165, 1.54) is 11.0 Å². The molecule has 1 amide bonds. The van der Waals surface area contributed by atoms with Crippen molar-refractivity contribution in [2.45, 2.75) is 38.9 Å². The van der Waals surface area contributed by atoms with Crippen molar-refractivity contribution in [1.82, 2.24) is 4.90 Å². The van der Waals surface area contributed by atoms with E-state index < -0.39 is 29.8 Å². The Kier molecular flexibility index (Phi) is 11.7. The zero-order valence-electron chi connectivity index (χ0n) is 21.9. The lowest BCUT2D eigenvalue weighted by Crippen LogP contribution is -2.36. The minimum atomic E-state index is -1.02. The lowest BCUT2D eigenvalue weighted by Gasteiger charge is -2.22. The summed E-state index contributed by atoms with van der Waals surface area (Å²) >= 11 is 0. The summed E-state index contributed by atoms with van der Waals surface area (Å²) in [5, 5.41) is 9.26. The van der Waals surface area contributed by atoms with Crippen LogP contribution in [0.1, 0.15) is 30.0 Å². The van der Waals surface area contributed by atoms with Crippen LogP contribution in [0.3, 0.4) is 0 Å². The van der Waals surface area contributed by atoms with Gasteiger partial charge in [-0.25, -0.2) is 18.4 Å². The number of aryl methyl sites for hydroxylation is 1. The number of rotatable bonds is 15. The first-order valence-corrected chi connectivity index (χ1v) is 12.8. The number of carbonyl (C=O) groups excluding carboxylic acids is 1. The quantitative estimate of drug-likeness (QED) is 0.268. The van der Waals surface area contributed by atoms with Crippen LogP contribution in [0.15, 0.2) is 72.8 Å². The van der Waals surface area contributed by atoms with Crippen LogP contribution in [0.2, 0.25) is 0 Å². The molecule has 208 valence electrons. The highest BCUT2D eigenvalue weighted by molar-refractivity contribution is 5.72. The molecule has 1 unspecified atom stereocenters. The Balaban J connectivity index is 1.55. The molecule has 1 atom stereocenters. The summed E-state index contributed by atoms with van der Waals surface area (Å²) in [6.07, 6.45) is 0.142. The number of ether oxygens (including phenoxy) is 3. The molecule has 0 aliphatic carbocycles. The molecule has 3 aromatic rings. The first-order chi connectivity index (χ1) is 18.9. The minimum Gasteiger partial charge on any atom is -0.492 e. The maximum Gasteiger partial charge on any atom is 0.410 e. The van der Waals surface area contributed by atoms with Crippen molar-refractivity contribution >= 4 is 12.1 Å². The summed E-state index contributed by atoms with van der Waals surface area (Å²) in [4.78, 5) is 25.6. The maximum absolute atomic E-state index is 14.0. The summed E-state index contributed by atoms with van der Waals surface area (Å²) in [5.41, 5.74) is 2.02. The molecule has 0 aliphatic heterocycles. The first-order valence-electron chi connectivity index (χ1n) is 12.8. The number of carboxylic acid groups (broad SMARTS) is 1. The van der Waals surface area contributed by atoms with Crippen LogP contribution in [0.25, 0.3) is 0 Å². The second-order valence-electron chi connectivity index (χ2n) is 8.85. The third kappa shape index (κ3) is 10.0. The highest BCUT2D eigenvalue weighted by atomic mass is 19.1. The number of hydrogen-bond donors (Lipinski definition) is 1. The van der Waals surface area contributed by atoms with E-state index in [1.54, 1.807) is 31.2 Å². The van der Waals surface area contributed by atoms with E-state index in [4.69, 9.17) is 14.2 Å². The van der Waals surface area contributed by atoms with E-state index in [2.05, 4.69) is 0 Å². The van der Waals surface area contributed by atoms with E-state index in [9.17, 15) is 23.5 Å². The molecule has 39 heavy (non-hydrogen) atoms. The molecule has 7 nitrogen and oxygen atoms in total. The van der Waals surface area contributed by atoms with Gasteiger partial charge in [0.05, 0.1) is 6.54 Å². The number of benzene rings is 3. The molecule has 3 rings (SSSR count). The number of halogens is 2. The van der Waals surface area contributed by atoms with Gasteiger partial charge in [-0.2, -0.15) is 0 Å². The van der Waals surface area contributed by atoms with E-state index in [0.29, 0.717) is 25.3 Å². The number of aliphatic carboxylic acids is 1. The number of amides is 1. The van der Waals surface area contributed by atoms with Crippen LogP contribution in [0.4, 0.5) is 13.6 Å². The van der Waals surface area contributed by atoms with Gasteiger partial charge in [-0.1, -0.05) is 42.5 Å². The van der Waals surface area contributed by atoms with E-state index in [-0.39, 0.29) is 31.7 Å². The predicted octanol–water partition coefficient (Wildman–Crippen LogP) is 5.65. The van der Waals surface area contributed by atoms with Crippen molar-refractivity contribution in [1.29, 1.82) is 0 Å². The van der Waals surface area contributed by atoms with Crippen LogP contribution in [-0.4, -0.2) is 54.5 Å². The van der Waals surface area contributed by atoms with Crippen LogP contribution < -0.4 is 4.74 Å². The van der Waals surface area contributed by atoms with Crippen LogP contribution in [0, 0.1) is 11.6 Å². The fourth-order valence-electron chi connectivity index (χ4n) is 3.91. The van der Waals surface area contributed by atoms with Crippen molar-refractivity contribution in [3.05, 3.63) is 101 Å². The topological polar surface area (TPSA) is 85.3 Å². The average Bonchev–Trinajstić information content (AvgIpc) is 2.92. The molecule has 0 spiro atoms. The molecule has 0 saturated heterocycles. The fourth-order valence-corrected chi connectivity index (χ4v) is 3.91. The van der Waals surface area contributed by atoms with Gasteiger partial charge in [-0.3, -0.25) is 0 Å². The predicted molar refractivity (Wildman–Crippen MR) is 142 cm³/mol. The van der Waals surface area contributed by atoms with Gasteiger partial charge >= 0.3 is 12.1 Å². The van der Waals surface area contributed by atoms with Gasteiger partial charge in [0.2, 0.25) is 0 Å². The molecule has 0 radical (unpaired) electrons. The molecule has 1 N–H and O–H groups in total. The number of carboxylic acids is 1. The first kappa shape index (κ1) is 29.6. The normalized spacial score (nSPS) is 11.6. The Morgan fingerprint density at radius 2 is 1.69 bits per heavy atom. The molecule has 0 aliphatic rings. The minimum absolute atomic E-state index is 0.0831. The van der Waals surface area contributed by atoms with Crippen LogP contribution in [-0.2, 0) is 33.7 Å². The zero-order valence-corrected chi connectivity index (χ0v) is 21.9. The fraction of sp³-hybridized carbons (Fsp3) is 0.333. The molecule has 3 aromatic carbocycles. The van der Waals surface area contributed by atoms with Gasteiger partial charge in [0.15, 0.2) is 6.10 Å². The second-order valence-corrected chi connectivity index (χ2v) is 8.85. The van der Waals surface area contributed by atoms with Crippen molar-refractivity contribution in [3.63, 3.8) is 0 Å². The highest BCUT2D eigenvalue weighted by Crippen LogP contribution is 2.16. The SMILES string of the molecule is CCOC(Cc1ccc(OCCN(CCCc2ccccc2)C(=O)OCc2ccc(F)cc2F)cc1)C(=O)O. The number of carbonyl (C=O) groups is 2. The smallest absolute Gasteiger partial charge is 0.410 e. The molecular weight excluding hydrogens is 508 g/mol. The average molecular weight is 542 g/mol. The Morgan fingerprint density at radius 1 is 0.949 bits per heavy atom. The van der Waals surface area contributed by atoms with E-state index >= 15 is 0 Å². The summed E-state index contributed by atoms with van der Waals surface area (Å²) in [6.45, 7) is 2.54. The van der Waals surface area contributed by atoms with Gasteiger partial charge in [0.1, 0.15) is 30.6 Å². The summed E-state index contributed by atoms with van der Waals surface area (Å²) < 4.78 is 43.5. The molecule has 0 saturated carbocycles.